The molecule has 0 radical (unpaired) electrons. The maximum Gasteiger partial charge on any atom is 0.0663 e. The van der Waals surface area contributed by atoms with Crippen LogP contribution >= 0.6 is 11.6 Å². The number of rotatable bonds is 2. The fraction of sp³-hybridized carbons (Fsp3) is 1.00. The van der Waals surface area contributed by atoms with Gasteiger partial charge < -0.3 is 4.74 Å². The summed E-state index contributed by atoms with van der Waals surface area (Å²) in [5.74, 6) is 0.806. The molecule has 0 N–H and O–H groups in total. The van der Waals surface area contributed by atoms with Crippen LogP contribution in [0.25, 0.3) is 0 Å². The van der Waals surface area contributed by atoms with E-state index >= 15 is 0 Å². The Morgan fingerprint density at radius 3 is 2.32 bits per heavy atom. The van der Waals surface area contributed by atoms with Crippen LogP contribution in [0, 0.1) is 16.7 Å². The minimum absolute atomic E-state index is 0.354. The summed E-state index contributed by atoms with van der Waals surface area (Å²) in [4.78, 5) is 0. The van der Waals surface area contributed by atoms with Gasteiger partial charge in [-0.25, -0.2) is 0 Å². The van der Waals surface area contributed by atoms with E-state index in [-0.39, 0.29) is 0 Å². The summed E-state index contributed by atoms with van der Waals surface area (Å²) in [6, 6.07) is 0. The van der Waals surface area contributed by atoms with Crippen LogP contribution in [0.1, 0.15) is 72.1 Å². The van der Waals surface area contributed by atoms with Crippen molar-refractivity contribution in [3.05, 3.63) is 0 Å². The molecule has 0 heterocycles. The SMILES string of the molecule is CC1CC(OC2CC(Cl)C23CCCC3)CC(C)(C)C1. The molecule has 1 nitrogen and oxygen atoms in total. The summed E-state index contributed by atoms with van der Waals surface area (Å²) < 4.78 is 6.56. The van der Waals surface area contributed by atoms with Crippen molar-refractivity contribution in [2.24, 2.45) is 16.7 Å². The quantitative estimate of drug-likeness (QED) is 0.637. The number of ether oxygens (including phenoxy) is 1. The minimum atomic E-state index is 0.354. The summed E-state index contributed by atoms with van der Waals surface area (Å²) in [7, 11) is 0. The van der Waals surface area contributed by atoms with Gasteiger partial charge in [0.1, 0.15) is 0 Å². The first-order chi connectivity index (χ1) is 8.91. The molecule has 3 fully saturated rings. The Bertz CT molecular complexity index is 332. The lowest BCUT2D eigenvalue weighted by Crippen LogP contribution is -2.55. The van der Waals surface area contributed by atoms with Crippen LogP contribution in [0.2, 0.25) is 0 Å². The fourth-order valence-corrected chi connectivity index (χ4v) is 5.67. The van der Waals surface area contributed by atoms with Gasteiger partial charge in [-0.2, -0.15) is 0 Å². The van der Waals surface area contributed by atoms with E-state index in [1.54, 1.807) is 0 Å². The molecule has 3 aliphatic rings. The second-order valence-corrected chi connectivity index (χ2v) is 8.83. The fourth-order valence-electron chi connectivity index (χ4n) is 5.15. The second-order valence-electron chi connectivity index (χ2n) is 8.30. The van der Waals surface area contributed by atoms with Gasteiger partial charge in [-0.1, -0.05) is 33.6 Å². The lowest BCUT2D eigenvalue weighted by molar-refractivity contribution is -0.157. The third-order valence-corrected chi connectivity index (χ3v) is 6.54. The van der Waals surface area contributed by atoms with Gasteiger partial charge in [0.25, 0.3) is 0 Å². The predicted octanol–water partition coefficient (Wildman–Crippen LogP) is 5.16. The zero-order chi connectivity index (χ0) is 13.7. The van der Waals surface area contributed by atoms with Gasteiger partial charge in [-0.05, 0) is 49.9 Å². The molecule has 0 saturated heterocycles. The molecule has 0 aromatic heterocycles. The largest absolute Gasteiger partial charge is 0.374 e. The summed E-state index contributed by atoms with van der Waals surface area (Å²) >= 11 is 6.53. The molecule has 3 saturated carbocycles. The van der Waals surface area contributed by atoms with E-state index in [0.717, 1.165) is 12.3 Å². The first-order valence-electron chi connectivity index (χ1n) is 8.21. The summed E-state index contributed by atoms with van der Waals surface area (Å²) in [6.45, 7) is 7.18. The standard InChI is InChI=1S/C17H29ClO/c1-12-8-13(11-16(2,3)10-12)19-15-9-14(18)17(15)6-4-5-7-17/h12-15H,4-11H2,1-3H3. The Hall–Kier alpha value is 0.250. The molecule has 0 amide bonds. The highest BCUT2D eigenvalue weighted by molar-refractivity contribution is 6.21. The van der Waals surface area contributed by atoms with E-state index in [1.807, 2.05) is 0 Å². The molecule has 4 unspecified atom stereocenters. The molecule has 1 spiro atoms. The maximum atomic E-state index is 6.56. The van der Waals surface area contributed by atoms with Crippen molar-refractivity contribution in [1.82, 2.24) is 0 Å². The lowest BCUT2D eigenvalue weighted by atomic mass is 9.64. The van der Waals surface area contributed by atoms with Gasteiger partial charge in [-0.15, -0.1) is 11.6 Å². The van der Waals surface area contributed by atoms with Gasteiger partial charge in [0.15, 0.2) is 0 Å². The highest BCUT2D eigenvalue weighted by Crippen LogP contribution is 2.58. The third-order valence-electron chi connectivity index (χ3n) is 5.92. The Morgan fingerprint density at radius 1 is 1.05 bits per heavy atom. The van der Waals surface area contributed by atoms with Crippen LogP contribution in [0.5, 0.6) is 0 Å². The molecule has 110 valence electrons. The van der Waals surface area contributed by atoms with Crippen LogP contribution in [0.4, 0.5) is 0 Å². The average Bonchev–Trinajstić information content (AvgIpc) is 2.77. The van der Waals surface area contributed by atoms with E-state index in [1.165, 1.54) is 44.9 Å². The molecule has 19 heavy (non-hydrogen) atoms. The van der Waals surface area contributed by atoms with Crippen LogP contribution in [0.3, 0.4) is 0 Å². The Morgan fingerprint density at radius 2 is 1.74 bits per heavy atom. The summed E-state index contributed by atoms with van der Waals surface area (Å²) in [5.41, 5.74) is 0.807. The molecule has 0 bridgehead atoms. The first kappa shape index (κ1) is 14.2. The van der Waals surface area contributed by atoms with E-state index in [9.17, 15) is 0 Å². The van der Waals surface area contributed by atoms with Crippen molar-refractivity contribution < 1.29 is 4.74 Å². The molecule has 3 rings (SSSR count). The van der Waals surface area contributed by atoms with Crippen molar-refractivity contribution >= 4 is 11.6 Å². The molecule has 0 aromatic carbocycles. The van der Waals surface area contributed by atoms with Crippen molar-refractivity contribution in [2.45, 2.75) is 89.7 Å². The van der Waals surface area contributed by atoms with E-state index in [2.05, 4.69) is 20.8 Å². The van der Waals surface area contributed by atoms with Crippen molar-refractivity contribution in [2.75, 3.05) is 0 Å². The zero-order valence-electron chi connectivity index (χ0n) is 12.8. The molecular weight excluding hydrogens is 256 g/mol. The predicted molar refractivity (Wildman–Crippen MR) is 80.6 cm³/mol. The van der Waals surface area contributed by atoms with Crippen LogP contribution in [-0.2, 0) is 4.74 Å². The van der Waals surface area contributed by atoms with Crippen LogP contribution in [0.15, 0.2) is 0 Å². The van der Waals surface area contributed by atoms with Gasteiger partial charge >= 0.3 is 0 Å². The molecule has 4 atom stereocenters. The highest BCUT2D eigenvalue weighted by atomic mass is 35.5. The van der Waals surface area contributed by atoms with Gasteiger partial charge in [0.05, 0.1) is 12.2 Å². The Labute approximate surface area is 123 Å². The van der Waals surface area contributed by atoms with Crippen LogP contribution < -0.4 is 0 Å². The molecule has 2 heteroatoms. The monoisotopic (exact) mass is 284 g/mol. The number of hydrogen-bond acceptors (Lipinski definition) is 1. The van der Waals surface area contributed by atoms with Gasteiger partial charge in [-0.3, -0.25) is 0 Å². The van der Waals surface area contributed by atoms with Gasteiger partial charge in [0, 0.05) is 10.8 Å². The lowest BCUT2D eigenvalue weighted by Gasteiger charge is -2.53. The smallest absolute Gasteiger partial charge is 0.0663 e. The summed E-state index contributed by atoms with van der Waals surface area (Å²) in [6.07, 6.45) is 11.2. The van der Waals surface area contributed by atoms with Crippen molar-refractivity contribution in [1.29, 1.82) is 0 Å². The van der Waals surface area contributed by atoms with Crippen molar-refractivity contribution in [3.8, 4) is 0 Å². The Balaban J connectivity index is 1.62. The minimum Gasteiger partial charge on any atom is -0.374 e. The van der Waals surface area contributed by atoms with E-state index < -0.39 is 0 Å². The molecular formula is C17H29ClO. The first-order valence-corrected chi connectivity index (χ1v) is 8.64. The molecule has 3 aliphatic carbocycles. The molecule has 0 aliphatic heterocycles. The summed E-state index contributed by atoms with van der Waals surface area (Å²) in [5, 5.41) is 0.383. The average molecular weight is 285 g/mol. The van der Waals surface area contributed by atoms with E-state index in [0.29, 0.717) is 28.4 Å². The maximum absolute atomic E-state index is 6.56. The topological polar surface area (TPSA) is 9.23 Å². The van der Waals surface area contributed by atoms with Crippen molar-refractivity contribution in [3.63, 3.8) is 0 Å². The highest BCUT2D eigenvalue weighted by Gasteiger charge is 2.56. The number of hydrogen-bond donors (Lipinski definition) is 0. The molecule has 0 aromatic rings. The second kappa shape index (κ2) is 4.91. The normalized spacial score (nSPS) is 44.2. The zero-order valence-corrected chi connectivity index (χ0v) is 13.5. The number of halogens is 1. The Kier molecular flexibility index (Phi) is 3.67. The van der Waals surface area contributed by atoms with E-state index in [4.69, 9.17) is 16.3 Å². The number of alkyl halides is 1. The third kappa shape index (κ3) is 2.58. The van der Waals surface area contributed by atoms with Gasteiger partial charge in [0.2, 0.25) is 0 Å². The van der Waals surface area contributed by atoms with Crippen LogP contribution in [-0.4, -0.2) is 17.6 Å².